The zero-order chi connectivity index (χ0) is 30.1. The van der Waals surface area contributed by atoms with Crippen LogP contribution in [0, 0.1) is 23.8 Å². The standard InChI is InChI=1S/C25H23N2.C13H24O2.CH4.Ir/c1-17-9-11-18(12-10-17)20-13-14-23-24(15-20)26-16-27-25(23)22-8-4-6-19-5-2-3-7-21(19)22;1-5-10(6-2)12(14)9-13(15)11(7-3)8-4;;/h2-7,13-18H,9-12H2,1H3;9-11,14H,5-8H2,1-4H3;1H4;/q-1;;;. The number of nitrogens with zero attached hydrogens (tertiary/aromatic N) is 2. The molecule has 4 nitrogen and oxygen atoms in total. The molecule has 1 heterocycles. The Hall–Kier alpha value is -2.88. The summed E-state index contributed by atoms with van der Waals surface area (Å²) in [5, 5.41) is 13.3. The number of carbonyl (C=O) groups excluding carboxylic acids is 1. The van der Waals surface area contributed by atoms with E-state index in [0.717, 1.165) is 53.8 Å². The van der Waals surface area contributed by atoms with Gasteiger partial charge in [0, 0.05) is 38.0 Å². The predicted molar refractivity (Wildman–Crippen MR) is 182 cm³/mol. The van der Waals surface area contributed by atoms with E-state index in [0.29, 0.717) is 5.92 Å². The van der Waals surface area contributed by atoms with Crippen molar-refractivity contribution in [3.63, 3.8) is 0 Å². The molecule has 0 atom stereocenters. The number of benzene rings is 3. The first kappa shape index (κ1) is 37.3. The van der Waals surface area contributed by atoms with Crippen molar-refractivity contribution in [2.45, 2.75) is 99.3 Å². The van der Waals surface area contributed by atoms with Crippen molar-refractivity contribution >= 4 is 27.5 Å². The number of aliphatic hydroxyl groups excluding tert-OH is 1. The van der Waals surface area contributed by atoms with E-state index < -0.39 is 0 Å². The normalized spacial score (nSPS) is 16.7. The topological polar surface area (TPSA) is 63.1 Å². The molecule has 1 fully saturated rings. The average Bonchev–Trinajstić information content (AvgIpc) is 3.02. The maximum Gasteiger partial charge on any atom is 0.162 e. The molecule has 1 aliphatic carbocycles. The number of ketones is 1. The number of hydrogen-bond acceptors (Lipinski definition) is 4. The van der Waals surface area contributed by atoms with Crippen molar-refractivity contribution in [3.05, 3.63) is 84.4 Å². The summed E-state index contributed by atoms with van der Waals surface area (Å²) in [5.41, 5.74) is 4.50. The first-order valence-electron chi connectivity index (χ1n) is 16.0. The Morgan fingerprint density at radius 1 is 0.909 bits per heavy atom. The van der Waals surface area contributed by atoms with Gasteiger partial charge in [0.25, 0.3) is 0 Å². The van der Waals surface area contributed by atoms with E-state index in [1.807, 2.05) is 33.8 Å². The number of allylic oxidation sites excluding steroid dienone is 2. The van der Waals surface area contributed by atoms with Crippen LogP contribution in [0.25, 0.3) is 32.9 Å². The molecular weight excluding hydrogens is 721 g/mol. The number of fused-ring (bicyclic) bond motifs is 2. The zero-order valence-corrected chi connectivity index (χ0v) is 28.8. The molecule has 1 aromatic heterocycles. The molecule has 5 heteroatoms. The van der Waals surface area contributed by atoms with Crippen molar-refractivity contribution in [2.24, 2.45) is 17.8 Å². The molecule has 239 valence electrons. The fraction of sp³-hybridized carbons (Fsp3) is 0.462. The molecule has 0 aliphatic heterocycles. The van der Waals surface area contributed by atoms with Crippen LogP contribution in [0.4, 0.5) is 0 Å². The van der Waals surface area contributed by atoms with Gasteiger partial charge in [-0.1, -0.05) is 96.7 Å². The number of rotatable bonds is 9. The fourth-order valence-corrected chi connectivity index (χ4v) is 6.26. The minimum Gasteiger partial charge on any atom is -0.512 e. The van der Waals surface area contributed by atoms with Gasteiger partial charge in [0.2, 0.25) is 0 Å². The molecule has 0 saturated heterocycles. The maximum absolute atomic E-state index is 11.7. The van der Waals surface area contributed by atoms with Crippen molar-refractivity contribution in [3.8, 4) is 11.3 Å². The van der Waals surface area contributed by atoms with Crippen molar-refractivity contribution in [1.82, 2.24) is 9.97 Å². The molecule has 1 radical (unpaired) electrons. The van der Waals surface area contributed by atoms with Crippen LogP contribution in [0.5, 0.6) is 0 Å². The van der Waals surface area contributed by atoms with E-state index in [2.05, 4.69) is 71.5 Å². The van der Waals surface area contributed by atoms with Gasteiger partial charge in [-0.25, -0.2) is 4.98 Å². The summed E-state index contributed by atoms with van der Waals surface area (Å²) in [6, 6.07) is 22.7. The molecule has 0 unspecified atom stereocenters. The van der Waals surface area contributed by atoms with Gasteiger partial charge in [-0.15, -0.1) is 29.1 Å². The Morgan fingerprint density at radius 2 is 1.57 bits per heavy atom. The fourth-order valence-electron chi connectivity index (χ4n) is 6.26. The summed E-state index contributed by atoms with van der Waals surface area (Å²) >= 11 is 0. The summed E-state index contributed by atoms with van der Waals surface area (Å²) in [4.78, 5) is 20.9. The quantitative estimate of drug-likeness (QED) is 0.105. The minimum atomic E-state index is 0. The van der Waals surface area contributed by atoms with Crippen LogP contribution in [-0.4, -0.2) is 20.9 Å². The van der Waals surface area contributed by atoms with Crippen LogP contribution in [0.1, 0.15) is 105 Å². The molecule has 0 spiro atoms. The van der Waals surface area contributed by atoms with E-state index in [-0.39, 0.29) is 50.9 Å². The molecule has 1 aliphatic rings. The summed E-state index contributed by atoms with van der Waals surface area (Å²) in [6.07, 6.45) is 11.9. The Labute approximate surface area is 279 Å². The smallest absolute Gasteiger partial charge is 0.162 e. The van der Waals surface area contributed by atoms with Gasteiger partial charge in [-0.2, -0.15) is 0 Å². The number of hydrogen-bond donors (Lipinski definition) is 1. The van der Waals surface area contributed by atoms with Crippen molar-refractivity contribution in [1.29, 1.82) is 0 Å². The second kappa shape index (κ2) is 18.2. The number of carbonyl (C=O) groups is 1. The van der Waals surface area contributed by atoms with E-state index in [4.69, 9.17) is 0 Å². The summed E-state index contributed by atoms with van der Waals surface area (Å²) in [7, 11) is 0. The van der Waals surface area contributed by atoms with E-state index in [9.17, 15) is 9.90 Å². The number of aliphatic hydroxyl groups is 1. The Kier molecular flexibility index (Phi) is 15.4. The first-order valence-corrected chi connectivity index (χ1v) is 16.0. The predicted octanol–water partition coefficient (Wildman–Crippen LogP) is 11.0. The van der Waals surface area contributed by atoms with Crippen molar-refractivity contribution in [2.75, 3.05) is 0 Å². The van der Waals surface area contributed by atoms with E-state index in [1.165, 1.54) is 48.1 Å². The second-order valence-electron chi connectivity index (χ2n) is 11.9. The maximum atomic E-state index is 11.7. The third-order valence-electron chi connectivity index (χ3n) is 9.19. The number of aromatic nitrogens is 2. The van der Waals surface area contributed by atoms with Crippen LogP contribution >= 0.6 is 0 Å². The monoisotopic (exact) mass is 772 g/mol. The van der Waals surface area contributed by atoms with Gasteiger partial charge < -0.3 is 5.11 Å². The van der Waals surface area contributed by atoms with Gasteiger partial charge in [-0.3, -0.25) is 9.78 Å². The molecule has 4 aromatic rings. The molecule has 3 aromatic carbocycles. The zero-order valence-electron chi connectivity index (χ0n) is 26.4. The first-order chi connectivity index (χ1) is 20.4. The van der Waals surface area contributed by atoms with Gasteiger partial charge in [0.05, 0.1) is 11.3 Å². The molecule has 0 bridgehead atoms. The summed E-state index contributed by atoms with van der Waals surface area (Å²) < 4.78 is 0. The molecule has 1 saturated carbocycles. The van der Waals surface area contributed by atoms with Crippen LogP contribution in [0.3, 0.4) is 0 Å². The third-order valence-corrected chi connectivity index (χ3v) is 9.19. The second-order valence-corrected chi connectivity index (χ2v) is 11.9. The van der Waals surface area contributed by atoms with Crippen LogP contribution < -0.4 is 0 Å². The molecule has 5 rings (SSSR count). The Bertz CT molecular complexity index is 1490. The Balaban J connectivity index is 0.000000346. The van der Waals surface area contributed by atoms with Crippen LogP contribution in [0.15, 0.2) is 72.8 Å². The average molecular weight is 772 g/mol. The van der Waals surface area contributed by atoms with Gasteiger partial charge in [0.15, 0.2) is 5.78 Å². The summed E-state index contributed by atoms with van der Waals surface area (Å²) in [6.45, 7) is 10.4. The third kappa shape index (κ3) is 9.08. The van der Waals surface area contributed by atoms with Crippen molar-refractivity contribution < 1.29 is 30.0 Å². The van der Waals surface area contributed by atoms with Gasteiger partial charge in [-0.05, 0) is 73.1 Å². The minimum absolute atomic E-state index is 0. The van der Waals surface area contributed by atoms with Gasteiger partial charge >= 0.3 is 0 Å². The van der Waals surface area contributed by atoms with Crippen LogP contribution in [-0.2, 0) is 24.9 Å². The molecular formula is C39H51IrN2O2-. The van der Waals surface area contributed by atoms with Gasteiger partial charge in [0.1, 0.15) is 6.33 Å². The SMILES string of the molecule is C.CC1CCC(c2ccc3c(-c4[c-]ccc5ccccc45)ncnc3c2)CC1.CCC(CC)C(=O)C=C(O)C(CC)CC.[Ir]. The molecule has 1 N–H and O–H groups in total. The molecule has 44 heavy (non-hydrogen) atoms. The Morgan fingerprint density at radius 3 is 2.23 bits per heavy atom. The van der Waals surface area contributed by atoms with Crippen LogP contribution in [0.2, 0.25) is 0 Å². The van der Waals surface area contributed by atoms with E-state index in [1.54, 1.807) is 6.33 Å². The largest absolute Gasteiger partial charge is 0.512 e. The summed E-state index contributed by atoms with van der Waals surface area (Å²) in [5.74, 6) is 2.09. The molecule has 0 amide bonds. The van der Waals surface area contributed by atoms with E-state index >= 15 is 0 Å².